The van der Waals surface area contributed by atoms with Gasteiger partial charge in [0.05, 0.1) is 0 Å². The van der Waals surface area contributed by atoms with Crippen LogP contribution in [0.4, 0.5) is 0 Å². The molecule has 0 heteroatoms. The number of allylic oxidation sites excluding steroid dienone is 4. The van der Waals surface area contributed by atoms with Crippen molar-refractivity contribution in [3.05, 3.63) is 66.8 Å². The van der Waals surface area contributed by atoms with E-state index in [0.29, 0.717) is 0 Å². The van der Waals surface area contributed by atoms with E-state index >= 15 is 0 Å². The van der Waals surface area contributed by atoms with Crippen molar-refractivity contribution in [1.29, 1.82) is 0 Å². The molecule has 0 saturated heterocycles. The number of hydrogen-bond acceptors (Lipinski definition) is 0. The van der Waals surface area contributed by atoms with Gasteiger partial charge in [-0.25, -0.2) is 0 Å². The molecule has 1 aromatic carbocycles. The highest BCUT2D eigenvalue weighted by Gasteiger charge is 1.93. The molecule has 0 aliphatic carbocycles. The molecule has 0 bridgehead atoms. The molecule has 66 valence electrons. The fourth-order valence-electron chi connectivity index (χ4n) is 1.13. The summed E-state index contributed by atoms with van der Waals surface area (Å²) in [4.78, 5) is 0. The first-order valence-electron chi connectivity index (χ1n) is 4.29. The van der Waals surface area contributed by atoms with E-state index in [1.165, 1.54) is 5.56 Å². The molecule has 0 fully saturated rings. The predicted octanol–water partition coefficient (Wildman–Crippen LogP) is 3.75. The second-order valence-electron chi connectivity index (χ2n) is 2.99. The number of hydrogen-bond donors (Lipinski definition) is 0. The average Bonchev–Trinajstić information content (AvgIpc) is 2.14. The molecular weight excluding hydrogens is 156 g/mol. The molecule has 0 heterocycles. The van der Waals surface area contributed by atoms with Crippen LogP contribution in [0, 0.1) is 6.92 Å². The van der Waals surface area contributed by atoms with E-state index in [1.807, 2.05) is 18.2 Å². The van der Waals surface area contributed by atoms with Gasteiger partial charge < -0.3 is 0 Å². The van der Waals surface area contributed by atoms with E-state index in [-0.39, 0.29) is 0 Å². The quantitative estimate of drug-likeness (QED) is 0.606. The zero-order valence-corrected chi connectivity index (χ0v) is 7.96. The van der Waals surface area contributed by atoms with Crippen LogP contribution < -0.4 is 0 Å². The van der Waals surface area contributed by atoms with Crippen molar-refractivity contribution in [2.75, 3.05) is 0 Å². The third kappa shape index (κ3) is 2.75. The lowest BCUT2D eigenvalue weighted by Gasteiger charge is -2.00. The minimum absolute atomic E-state index is 1.02. The predicted molar refractivity (Wildman–Crippen MR) is 59.6 cm³/mol. The standard InChI is InChI=1S/C13H14/c1-4-5-8-12(3)13-9-6-7-11(2)10-13/h4-10H,1,3H2,2H3/b8-5-. The van der Waals surface area contributed by atoms with Crippen LogP contribution in [0.3, 0.4) is 0 Å². The Balaban J connectivity index is 2.89. The van der Waals surface area contributed by atoms with Crippen LogP contribution in [0.15, 0.2) is 55.7 Å². The Labute approximate surface area is 79.9 Å². The van der Waals surface area contributed by atoms with E-state index in [4.69, 9.17) is 0 Å². The van der Waals surface area contributed by atoms with Gasteiger partial charge in [0.1, 0.15) is 0 Å². The molecule has 0 N–H and O–H groups in total. The Hall–Kier alpha value is -1.56. The van der Waals surface area contributed by atoms with Crippen molar-refractivity contribution in [2.24, 2.45) is 0 Å². The van der Waals surface area contributed by atoms with Crippen molar-refractivity contribution in [3.63, 3.8) is 0 Å². The lowest BCUT2D eigenvalue weighted by Crippen LogP contribution is -1.79. The van der Waals surface area contributed by atoms with Gasteiger partial charge in [-0.2, -0.15) is 0 Å². The van der Waals surface area contributed by atoms with Gasteiger partial charge in [-0.15, -0.1) is 0 Å². The number of rotatable bonds is 3. The Morgan fingerprint density at radius 1 is 1.38 bits per heavy atom. The highest BCUT2D eigenvalue weighted by Crippen LogP contribution is 2.14. The number of benzene rings is 1. The van der Waals surface area contributed by atoms with E-state index in [2.05, 4.69) is 38.3 Å². The Morgan fingerprint density at radius 2 is 2.15 bits per heavy atom. The summed E-state index contributed by atoms with van der Waals surface area (Å²) in [5, 5.41) is 0. The van der Waals surface area contributed by atoms with Crippen LogP contribution in [0.25, 0.3) is 5.57 Å². The van der Waals surface area contributed by atoms with Gasteiger partial charge in [-0.1, -0.05) is 61.2 Å². The average molecular weight is 170 g/mol. The van der Waals surface area contributed by atoms with Gasteiger partial charge in [0.2, 0.25) is 0 Å². The molecule has 0 unspecified atom stereocenters. The molecule has 0 aliphatic rings. The Bertz CT molecular complexity index is 343. The van der Waals surface area contributed by atoms with Crippen LogP contribution in [-0.4, -0.2) is 0 Å². The van der Waals surface area contributed by atoms with Crippen LogP contribution >= 0.6 is 0 Å². The second-order valence-corrected chi connectivity index (χ2v) is 2.99. The zero-order valence-electron chi connectivity index (χ0n) is 7.96. The fraction of sp³-hybridized carbons (Fsp3) is 0.0769. The van der Waals surface area contributed by atoms with Gasteiger partial charge in [0, 0.05) is 0 Å². The van der Waals surface area contributed by atoms with Crippen molar-refractivity contribution in [2.45, 2.75) is 6.92 Å². The van der Waals surface area contributed by atoms with Crippen molar-refractivity contribution in [3.8, 4) is 0 Å². The van der Waals surface area contributed by atoms with E-state index in [0.717, 1.165) is 11.1 Å². The molecule has 13 heavy (non-hydrogen) atoms. The van der Waals surface area contributed by atoms with Crippen LogP contribution in [-0.2, 0) is 0 Å². The topological polar surface area (TPSA) is 0 Å². The Morgan fingerprint density at radius 3 is 2.77 bits per heavy atom. The van der Waals surface area contributed by atoms with Gasteiger partial charge >= 0.3 is 0 Å². The summed E-state index contributed by atoms with van der Waals surface area (Å²) in [5.41, 5.74) is 3.44. The van der Waals surface area contributed by atoms with Crippen molar-refractivity contribution >= 4 is 5.57 Å². The van der Waals surface area contributed by atoms with Gasteiger partial charge in [-0.3, -0.25) is 0 Å². The van der Waals surface area contributed by atoms with Crippen LogP contribution in [0.1, 0.15) is 11.1 Å². The van der Waals surface area contributed by atoms with Gasteiger partial charge in [0.15, 0.2) is 0 Å². The highest BCUT2D eigenvalue weighted by atomic mass is 14.0. The zero-order chi connectivity index (χ0) is 9.68. The number of aryl methyl sites for hydroxylation is 1. The lowest BCUT2D eigenvalue weighted by atomic mass is 10.0. The SMILES string of the molecule is C=C/C=C\C(=C)c1cccc(C)c1. The third-order valence-corrected chi connectivity index (χ3v) is 1.82. The normalized spacial score (nSPS) is 10.2. The summed E-state index contributed by atoms with van der Waals surface area (Å²) in [7, 11) is 0. The molecule has 1 aromatic rings. The first-order chi connectivity index (χ1) is 6.24. The van der Waals surface area contributed by atoms with Crippen molar-refractivity contribution in [1.82, 2.24) is 0 Å². The highest BCUT2D eigenvalue weighted by molar-refractivity contribution is 5.72. The van der Waals surface area contributed by atoms with Crippen LogP contribution in [0.5, 0.6) is 0 Å². The summed E-state index contributed by atoms with van der Waals surface area (Å²) in [6.45, 7) is 9.66. The molecule has 0 saturated carbocycles. The third-order valence-electron chi connectivity index (χ3n) is 1.82. The smallest absolute Gasteiger partial charge is 0.0187 e. The summed E-state index contributed by atoms with van der Waals surface area (Å²) in [6, 6.07) is 8.30. The molecule has 1 rings (SSSR count). The molecule has 0 spiro atoms. The first-order valence-corrected chi connectivity index (χ1v) is 4.29. The molecule has 0 atom stereocenters. The lowest BCUT2D eigenvalue weighted by molar-refractivity contribution is 1.45. The minimum Gasteiger partial charge on any atom is -0.0991 e. The fourth-order valence-corrected chi connectivity index (χ4v) is 1.13. The second kappa shape index (κ2) is 4.46. The van der Waals surface area contributed by atoms with E-state index < -0.39 is 0 Å². The summed E-state index contributed by atoms with van der Waals surface area (Å²) >= 11 is 0. The maximum atomic E-state index is 3.97. The summed E-state index contributed by atoms with van der Waals surface area (Å²) < 4.78 is 0. The maximum absolute atomic E-state index is 3.97. The first kappa shape index (κ1) is 9.53. The maximum Gasteiger partial charge on any atom is -0.0187 e. The largest absolute Gasteiger partial charge is 0.0991 e. The molecule has 0 aromatic heterocycles. The Kier molecular flexibility index (Phi) is 3.27. The summed E-state index contributed by atoms with van der Waals surface area (Å²) in [5.74, 6) is 0. The monoisotopic (exact) mass is 170 g/mol. The van der Waals surface area contributed by atoms with E-state index in [9.17, 15) is 0 Å². The minimum atomic E-state index is 1.02. The van der Waals surface area contributed by atoms with Crippen molar-refractivity contribution < 1.29 is 0 Å². The molecule has 0 radical (unpaired) electrons. The van der Waals surface area contributed by atoms with Gasteiger partial charge in [0.25, 0.3) is 0 Å². The molecule has 0 amide bonds. The molecule has 0 nitrogen and oxygen atoms in total. The van der Waals surface area contributed by atoms with Crippen LogP contribution in [0.2, 0.25) is 0 Å². The van der Waals surface area contributed by atoms with E-state index in [1.54, 1.807) is 6.08 Å². The summed E-state index contributed by atoms with van der Waals surface area (Å²) in [6.07, 6.45) is 5.60. The van der Waals surface area contributed by atoms with Gasteiger partial charge in [-0.05, 0) is 18.1 Å². The molecular formula is C13H14. The molecule has 0 aliphatic heterocycles.